The fourth-order valence-electron chi connectivity index (χ4n) is 1.78. The molecule has 0 aromatic carbocycles. The average Bonchev–Trinajstić information content (AvgIpc) is 2.25. The molecule has 6 heteroatoms. The Morgan fingerprint density at radius 3 is 2.18 bits per heavy atom. The van der Waals surface area contributed by atoms with Gasteiger partial charge in [0, 0.05) is 12.6 Å². The summed E-state index contributed by atoms with van der Waals surface area (Å²) in [5.41, 5.74) is 5.55. The molecule has 17 heavy (non-hydrogen) atoms. The number of rotatable bonds is 6. The Kier molecular flexibility index (Phi) is 6.50. The van der Waals surface area contributed by atoms with E-state index >= 15 is 0 Å². The summed E-state index contributed by atoms with van der Waals surface area (Å²) in [7, 11) is 0. The van der Waals surface area contributed by atoms with Crippen LogP contribution in [0.2, 0.25) is 0 Å². The van der Waals surface area contributed by atoms with Crippen LogP contribution in [0.4, 0.5) is 13.2 Å². The van der Waals surface area contributed by atoms with E-state index in [-0.39, 0.29) is 19.5 Å². The van der Waals surface area contributed by atoms with Crippen LogP contribution in [-0.4, -0.2) is 36.2 Å². The summed E-state index contributed by atoms with van der Waals surface area (Å²) in [6.07, 6.45) is -4.11. The van der Waals surface area contributed by atoms with Crippen molar-refractivity contribution in [1.29, 1.82) is 5.26 Å². The lowest BCUT2D eigenvalue weighted by atomic mass is 10.0. The molecule has 0 aromatic heterocycles. The van der Waals surface area contributed by atoms with Crippen molar-refractivity contribution in [2.75, 3.05) is 13.1 Å². The summed E-state index contributed by atoms with van der Waals surface area (Å²) in [6, 6.07) is -0.687. The Balaban J connectivity index is 4.93. The van der Waals surface area contributed by atoms with Gasteiger partial charge in [-0.1, -0.05) is 13.8 Å². The molecule has 0 spiro atoms. The van der Waals surface area contributed by atoms with Crippen molar-refractivity contribution in [3.63, 3.8) is 0 Å². The quantitative estimate of drug-likeness (QED) is 0.786. The van der Waals surface area contributed by atoms with Gasteiger partial charge in [0.15, 0.2) is 0 Å². The van der Waals surface area contributed by atoms with Gasteiger partial charge in [-0.25, -0.2) is 0 Å². The largest absolute Gasteiger partial charge is 0.405 e. The van der Waals surface area contributed by atoms with Crippen LogP contribution in [0.25, 0.3) is 0 Å². The maximum Gasteiger partial charge on any atom is 0.405 e. The highest BCUT2D eigenvalue weighted by Gasteiger charge is 2.46. The second-order valence-corrected chi connectivity index (χ2v) is 4.18. The van der Waals surface area contributed by atoms with Crippen LogP contribution in [0, 0.1) is 17.2 Å². The van der Waals surface area contributed by atoms with Crippen LogP contribution >= 0.6 is 0 Å². The zero-order valence-electron chi connectivity index (χ0n) is 10.5. The van der Waals surface area contributed by atoms with Crippen LogP contribution in [0.1, 0.15) is 27.2 Å². The van der Waals surface area contributed by atoms with Gasteiger partial charge in [-0.3, -0.25) is 4.90 Å². The van der Waals surface area contributed by atoms with Crippen molar-refractivity contribution in [2.45, 2.75) is 45.5 Å². The number of nitrogens with two attached hydrogens (primary N) is 1. The summed E-state index contributed by atoms with van der Waals surface area (Å²) in [6.45, 7) is 5.19. The van der Waals surface area contributed by atoms with E-state index in [1.54, 1.807) is 20.8 Å². The Morgan fingerprint density at radius 2 is 1.88 bits per heavy atom. The highest BCUT2D eigenvalue weighted by atomic mass is 19.4. The molecule has 0 aromatic rings. The summed E-state index contributed by atoms with van der Waals surface area (Å²) in [4.78, 5) is 1.24. The first kappa shape index (κ1) is 16.2. The highest BCUT2D eigenvalue weighted by Crippen LogP contribution is 2.28. The molecule has 3 unspecified atom stereocenters. The monoisotopic (exact) mass is 251 g/mol. The molecule has 0 radical (unpaired) electrons. The second-order valence-electron chi connectivity index (χ2n) is 4.18. The van der Waals surface area contributed by atoms with Gasteiger partial charge in [0.25, 0.3) is 0 Å². The minimum Gasteiger partial charge on any atom is -0.326 e. The third-order valence-electron chi connectivity index (χ3n) is 2.74. The van der Waals surface area contributed by atoms with Crippen molar-refractivity contribution in [3.8, 4) is 6.07 Å². The molecular weight excluding hydrogens is 231 g/mol. The van der Waals surface area contributed by atoms with Gasteiger partial charge < -0.3 is 5.73 Å². The lowest BCUT2D eigenvalue weighted by Gasteiger charge is -2.36. The smallest absolute Gasteiger partial charge is 0.326 e. The van der Waals surface area contributed by atoms with Crippen LogP contribution in [0.15, 0.2) is 0 Å². The summed E-state index contributed by atoms with van der Waals surface area (Å²) < 4.78 is 38.8. The predicted molar refractivity (Wildman–Crippen MR) is 60.1 cm³/mol. The number of likely N-dealkylation sites (N-methyl/N-ethyl adjacent to an activating group) is 1. The molecular formula is C11H20F3N3. The van der Waals surface area contributed by atoms with Gasteiger partial charge in [-0.2, -0.15) is 18.4 Å². The van der Waals surface area contributed by atoms with Gasteiger partial charge in [-0.15, -0.1) is 0 Å². The molecule has 0 heterocycles. The zero-order valence-corrected chi connectivity index (χ0v) is 10.5. The summed E-state index contributed by atoms with van der Waals surface area (Å²) in [5.74, 6) is -0.441. The van der Waals surface area contributed by atoms with Gasteiger partial charge in [0.2, 0.25) is 0 Å². The normalized spacial score (nSPS) is 17.6. The van der Waals surface area contributed by atoms with Crippen molar-refractivity contribution >= 4 is 0 Å². The van der Waals surface area contributed by atoms with Crippen LogP contribution in [-0.2, 0) is 0 Å². The molecule has 0 bridgehead atoms. The Hall–Kier alpha value is -0.800. The highest BCUT2D eigenvalue weighted by molar-refractivity contribution is 4.90. The van der Waals surface area contributed by atoms with Crippen molar-refractivity contribution in [2.24, 2.45) is 11.7 Å². The van der Waals surface area contributed by atoms with E-state index in [1.807, 2.05) is 6.07 Å². The van der Waals surface area contributed by atoms with Gasteiger partial charge in [0.1, 0.15) is 6.04 Å². The Morgan fingerprint density at radius 1 is 1.35 bits per heavy atom. The first-order valence-electron chi connectivity index (χ1n) is 5.73. The fourth-order valence-corrected chi connectivity index (χ4v) is 1.78. The van der Waals surface area contributed by atoms with Gasteiger partial charge in [0.05, 0.1) is 12.0 Å². The number of halogens is 3. The lowest BCUT2D eigenvalue weighted by Crippen LogP contribution is -2.56. The molecule has 2 N–H and O–H groups in total. The Labute approximate surface area is 100 Å². The number of nitriles is 1. The topological polar surface area (TPSA) is 53.0 Å². The third kappa shape index (κ3) is 4.92. The first-order valence-corrected chi connectivity index (χ1v) is 5.73. The number of hydrogen-bond donors (Lipinski definition) is 1. The van der Waals surface area contributed by atoms with Crippen LogP contribution < -0.4 is 5.73 Å². The number of hydrogen-bond acceptors (Lipinski definition) is 3. The minimum atomic E-state index is -4.36. The van der Waals surface area contributed by atoms with Crippen molar-refractivity contribution < 1.29 is 13.2 Å². The van der Waals surface area contributed by atoms with E-state index in [0.717, 1.165) is 0 Å². The lowest BCUT2D eigenvalue weighted by molar-refractivity contribution is -0.189. The summed E-state index contributed by atoms with van der Waals surface area (Å²) >= 11 is 0. The van der Waals surface area contributed by atoms with Crippen LogP contribution in [0.5, 0.6) is 0 Å². The van der Waals surface area contributed by atoms with Crippen molar-refractivity contribution in [3.05, 3.63) is 0 Å². The maximum absolute atomic E-state index is 12.9. The molecule has 0 aliphatic rings. The zero-order chi connectivity index (χ0) is 13.6. The maximum atomic E-state index is 12.9. The van der Waals surface area contributed by atoms with E-state index in [9.17, 15) is 13.2 Å². The molecule has 3 nitrogen and oxygen atoms in total. The molecule has 0 aliphatic carbocycles. The number of nitrogens with zero attached hydrogens (tertiary/aromatic N) is 2. The van der Waals surface area contributed by atoms with E-state index in [0.29, 0.717) is 0 Å². The van der Waals surface area contributed by atoms with E-state index in [2.05, 4.69) is 0 Å². The Bertz CT molecular complexity index is 260. The standard InChI is InChI=1S/C11H20F3N3/c1-4-9(16)10(11(12,13)14)17(5-2)7-8(3)6-15/h8-10H,4-5,7,16H2,1-3H3. The van der Waals surface area contributed by atoms with E-state index < -0.39 is 24.2 Å². The van der Waals surface area contributed by atoms with E-state index in [4.69, 9.17) is 11.0 Å². The van der Waals surface area contributed by atoms with Gasteiger partial charge in [-0.05, 0) is 19.9 Å². The number of alkyl halides is 3. The minimum absolute atomic E-state index is 0.0882. The molecule has 100 valence electrons. The predicted octanol–water partition coefficient (Wildman–Crippen LogP) is 2.14. The molecule has 0 fully saturated rings. The molecule has 0 saturated heterocycles. The molecule has 3 atom stereocenters. The van der Waals surface area contributed by atoms with Crippen LogP contribution in [0.3, 0.4) is 0 Å². The average molecular weight is 251 g/mol. The first-order chi connectivity index (χ1) is 7.77. The molecule has 0 saturated carbocycles. The molecule has 0 aliphatic heterocycles. The van der Waals surface area contributed by atoms with E-state index in [1.165, 1.54) is 4.90 Å². The summed E-state index contributed by atoms with van der Waals surface area (Å²) in [5, 5.41) is 8.67. The van der Waals surface area contributed by atoms with Gasteiger partial charge >= 0.3 is 6.18 Å². The molecule has 0 rings (SSSR count). The second kappa shape index (κ2) is 6.82. The SMILES string of the molecule is CCC(N)C(N(CC)CC(C)C#N)C(F)(F)F. The third-order valence-corrected chi connectivity index (χ3v) is 2.74. The fraction of sp³-hybridized carbons (Fsp3) is 0.909. The van der Waals surface area contributed by atoms with Crippen molar-refractivity contribution in [1.82, 2.24) is 4.90 Å². The molecule has 0 amide bonds.